The number of amides is 1. The molecule has 0 unspecified atom stereocenters. The number of thiophene rings is 1. The smallest absolute Gasteiger partial charge is 0.335 e. The van der Waals surface area contributed by atoms with Gasteiger partial charge in [0.2, 0.25) is 0 Å². The fourth-order valence-electron chi connectivity index (χ4n) is 2.15. The predicted molar refractivity (Wildman–Crippen MR) is 91.1 cm³/mol. The number of nitrogens with one attached hydrogen (secondary N) is 1. The maximum atomic E-state index is 12.9. The van der Waals surface area contributed by atoms with E-state index < -0.39 is 5.97 Å². The van der Waals surface area contributed by atoms with Crippen molar-refractivity contribution >= 4 is 28.9 Å². The third kappa shape index (κ3) is 3.49. The number of aromatic carboxylic acids is 1. The molecule has 0 spiro atoms. The Bertz CT molecular complexity index is 903. The molecule has 3 rings (SSSR count). The van der Waals surface area contributed by atoms with Crippen LogP contribution in [0.2, 0.25) is 0 Å². The molecule has 24 heavy (non-hydrogen) atoms. The van der Waals surface area contributed by atoms with Crippen LogP contribution in [0, 0.1) is 5.82 Å². The summed E-state index contributed by atoms with van der Waals surface area (Å²) in [6.45, 7) is 0. The largest absolute Gasteiger partial charge is 0.478 e. The topological polar surface area (TPSA) is 66.4 Å². The van der Waals surface area contributed by atoms with Gasteiger partial charge in [0.1, 0.15) is 5.82 Å². The lowest BCUT2D eigenvalue weighted by molar-refractivity contribution is 0.0696. The van der Waals surface area contributed by atoms with Gasteiger partial charge in [0, 0.05) is 10.6 Å². The second kappa shape index (κ2) is 6.64. The van der Waals surface area contributed by atoms with Crippen LogP contribution in [-0.2, 0) is 0 Å². The summed E-state index contributed by atoms with van der Waals surface area (Å²) in [7, 11) is 0. The molecule has 120 valence electrons. The Labute approximate surface area is 141 Å². The second-order valence-corrected chi connectivity index (χ2v) is 6.09. The van der Waals surface area contributed by atoms with Gasteiger partial charge < -0.3 is 10.4 Å². The molecule has 0 aliphatic rings. The van der Waals surface area contributed by atoms with Gasteiger partial charge in [-0.15, -0.1) is 11.3 Å². The molecule has 0 saturated heterocycles. The van der Waals surface area contributed by atoms with Crippen molar-refractivity contribution < 1.29 is 19.1 Å². The van der Waals surface area contributed by atoms with Gasteiger partial charge >= 0.3 is 5.97 Å². The first-order chi connectivity index (χ1) is 11.5. The van der Waals surface area contributed by atoms with Crippen LogP contribution < -0.4 is 5.32 Å². The van der Waals surface area contributed by atoms with Crippen LogP contribution in [0.1, 0.15) is 20.0 Å². The lowest BCUT2D eigenvalue weighted by atomic mass is 10.1. The van der Waals surface area contributed by atoms with Crippen molar-refractivity contribution in [3.05, 3.63) is 76.9 Å². The van der Waals surface area contributed by atoms with Crippen molar-refractivity contribution in [3.63, 3.8) is 0 Å². The van der Waals surface area contributed by atoms with Crippen LogP contribution in [-0.4, -0.2) is 17.0 Å². The normalized spacial score (nSPS) is 10.4. The SMILES string of the molecule is O=C(O)c1cccc(-c2ccc(C(=O)Nc3ccc(F)cc3)s2)c1. The van der Waals surface area contributed by atoms with Gasteiger partial charge in [-0.25, -0.2) is 9.18 Å². The highest BCUT2D eigenvalue weighted by Crippen LogP contribution is 2.29. The summed E-state index contributed by atoms with van der Waals surface area (Å²) in [5, 5.41) is 11.7. The number of benzene rings is 2. The Balaban J connectivity index is 1.80. The molecule has 1 aromatic heterocycles. The molecule has 6 heteroatoms. The zero-order valence-corrected chi connectivity index (χ0v) is 13.1. The van der Waals surface area contributed by atoms with Gasteiger partial charge in [-0.05, 0) is 54.1 Å². The van der Waals surface area contributed by atoms with Crippen molar-refractivity contribution in [2.75, 3.05) is 5.32 Å². The lowest BCUT2D eigenvalue weighted by Crippen LogP contribution is -2.09. The number of hydrogen-bond donors (Lipinski definition) is 2. The highest BCUT2D eigenvalue weighted by atomic mass is 32.1. The fraction of sp³-hybridized carbons (Fsp3) is 0. The third-order valence-corrected chi connectivity index (χ3v) is 4.46. The van der Waals surface area contributed by atoms with Crippen molar-refractivity contribution in [3.8, 4) is 10.4 Å². The van der Waals surface area contributed by atoms with E-state index in [0.717, 1.165) is 10.4 Å². The van der Waals surface area contributed by atoms with Crippen LogP contribution in [0.3, 0.4) is 0 Å². The van der Waals surface area contributed by atoms with Gasteiger partial charge in [-0.1, -0.05) is 12.1 Å². The summed E-state index contributed by atoms with van der Waals surface area (Å²) in [6, 6.07) is 15.5. The Morgan fingerprint density at radius 3 is 2.46 bits per heavy atom. The van der Waals surface area contributed by atoms with E-state index in [4.69, 9.17) is 5.11 Å². The molecule has 0 aliphatic heterocycles. The first-order valence-electron chi connectivity index (χ1n) is 7.03. The van der Waals surface area contributed by atoms with Crippen molar-refractivity contribution in [2.24, 2.45) is 0 Å². The number of hydrogen-bond acceptors (Lipinski definition) is 3. The maximum absolute atomic E-state index is 12.9. The summed E-state index contributed by atoms with van der Waals surface area (Å²) >= 11 is 1.26. The predicted octanol–water partition coefficient (Wildman–Crippen LogP) is 4.50. The molecule has 3 aromatic rings. The minimum Gasteiger partial charge on any atom is -0.478 e. The molecule has 2 N–H and O–H groups in total. The molecule has 0 fully saturated rings. The number of carboxylic acids is 1. The van der Waals surface area contributed by atoms with Crippen LogP contribution in [0.4, 0.5) is 10.1 Å². The third-order valence-electron chi connectivity index (χ3n) is 3.33. The molecule has 0 bridgehead atoms. The first kappa shape index (κ1) is 15.9. The van der Waals surface area contributed by atoms with Gasteiger partial charge in [-0.2, -0.15) is 0 Å². The number of carbonyl (C=O) groups is 2. The van der Waals surface area contributed by atoms with Gasteiger partial charge in [0.25, 0.3) is 5.91 Å². The van der Waals surface area contributed by atoms with Crippen LogP contribution in [0.15, 0.2) is 60.7 Å². The summed E-state index contributed by atoms with van der Waals surface area (Å²) in [5.41, 5.74) is 1.43. The van der Waals surface area contributed by atoms with E-state index in [1.54, 1.807) is 30.3 Å². The summed E-state index contributed by atoms with van der Waals surface area (Å²) in [5.74, 6) is -1.67. The fourth-order valence-corrected chi connectivity index (χ4v) is 3.04. The van der Waals surface area contributed by atoms with Gasteiger partial charge in [0.15, 0.2) is 0 Å². The standard InChI is InChI=1S/C18H12FNO3S/c19-13-4-6-14(7-5-13)20-17(21)16-9-8-15(24-16)11-2-1-3-12(10-11)18(22)23/h1-10H,(H,20,21)(H,22,23). The monoisotopic (exact) mass is 341 g/mol. The van der Waals surface area contributed by atoms with Crippen molar-refractivity contribution in [1.29, 1.82) is 0 Å². The van der Waals surface area contributed by atoms with Crippen molar-refractivity contribution in [1.82, 2.24) is 0 Å². The molecule has 1 amide bonds. The Morgan fingerprint density at radius 1 is 1.00 bits per heavy atom. The van der Waals surface area contributed by atoms with Crippen LogP contribution >= 0.6 is 11.3 Å². The zero-order chi connectivity index (χ0) is 17.1. The van der Waals surface area contributed by atoms with Crippen molar-refractivity contribution in [2.45, 2.75) is 0 Å². The molecular weight excluding hydrogens is 329 g/mol. The zero-order valence-electron chi connectivity index (χ0n) is 12.3. The van der Waals surface area contributed by atoms with E-state index in [9.17, 15) is 14.0 Å². The van der Waals surface area contributed by atoms with E-state index in [-0.39, 0.29) is 17.3 Å². The molecule has 1 heterocycles. The Morgan fingerprint density at radius 2 is 1.75 bits per heavy atom. The van der Waals surface area contributed by atoms with E-state index in [2.05, 4.69) is 5.32 Å². The molecule has 0 saturated carbocycles. The van der Waals surface area contributed by atoms with E-state index in [0.29, 0.717) is 10.6 Å². The molecular formula is C18H12FNO3S. The highest BCUT2D eigenvalue weighted by Gasteiger charge is 2.12. The molecule has 2 aromatic carbocycles. The Kier molecular flexibility index (Phi) is 4.39. The van der Waals surface area contributed by atoms with E-state index in [1.165, 1.54) is 41.7 Å². The minimum atomic E-state index is -0.998. The quantitative estimate of drug-likeness (QED) is 0.734. The average molecular weight is 341 g/mol. The van der Waals surface area contributed by atoms with Crippen LogP contribution in [0.5, 0.6) is 0 Å². The molecule has 0 atom stereocenters. The lowest BCUT2D eigenvalue weighted by Gasteiger charge is -2.03. The summed E-state index contributed by atoms with van der Waals surface area (Å²) in [4.78, 5) is 24.5. The van der Waals surface area contributed by atoms with Gasteiger partial charge in [-0.3, -0.25) is 4.79 Å². The highest BCUT2D eigenvalue weighted by molar-refractivity contribution is 7.17. The Hall–Kier alpha value is -2.99. The van der Waals surface area contributed by atoms with E-state index >= 15 is 0 Å². The number of rotatable bonds is 4. The number of carboxylic acid groups (broad SMARTS) is 1. The summed E-state index contributed by atoms with van der Waals surface area (Å²) < 4.78 is 12.9. The first-order valence-corrected chi connectivity index (χ1v) is 7.85. The number of anilines is 1. The number of carbonyl (C=O) groups excluding carboxylic acids is 1. The molecule has 4 nitrogen and oxygen atoms in total. The molecule has 0 aliphatic carbocycles. The average Bonchev–Trinajstić information content (AvgIpc) is 3.07. The second-order valence-electron chi connectivity index (χ2n) is 5.01. The maximum Gasteiger partial charge on any atom is 0.335 e. The number of halogens is 1. The molecule has 0 radical (unpaired) electrons. The van der Waals surface area contributed by atoms with Gasteiger partial charge in [0.05, 0.1) is 10.4 Å². The minimum absolute atomic E-state index is 0.193. The van der Waals surface area contributed by atoms with E-state index in [1.807, 2.05) is 0 Å². The summed E-state index contributed by atoms with van der Waals surface area (Å²) in [6.07, 6.45) is 0. The van der Waals surface area contributed by atoms with Crippen LogP contribution in [0.25, 0.3) is 10.4 Å².